The van der Waals surface area contributed by atoms with E-state index in [0.717, 1.165) is 25.1 Å². The Kier molecular flexibility index (Phi) is 4.88. The van der Waals surface area contributed by atoms with Gasteiger partial charge in [-0.3, -0.25) is 16.3 Å². The first-order valence-electron chi connectivity index (χ1n) is 7.30. The number of halogens is 3. The molecule has 0 amide bonds. The van der Waals surface area contributed by atoms with Crippen molar-refractivity contribution in [3.63, 3.8) is 0 Å². The number of rotatable bonds is 3. The second-order valence-corrected chi connectivity index (χ2v) is 6.29. The summed E-state index contributed by atoms with van der Waals surface area (Å²) in [7, 11) is 0. The van der Waals surface area contributed by atoms with E-state index in [2.05, 4.69) is 24.3 Å². The number of hydrogen-bond donors (Lipinski definition) is 2. The summed E-state index contributed by atoms with van der Waals surface area (Å²) in [6.45, 7) is 4.41. The Morgan fingerprint density at radius 3 is 2.24 bits per heavy atom. The van der Waals surface area contributed by atoms with Gasteiger partial charge in [-0.05, 0) is 49.1 Å². The number of alkyl halides is 3. The Balaban J connectivity index is 2.17. The molecule has 1 fully saturated rings. The van der Waals surface area contributed by atoms with Crippen LogP contribution in [-0.2, 0) is 6.18 Å². The van der Waals surface area contributed by atoms with Crippen LogP contribution in [0.3, 0.4) is 0 Å². The Morgan fingerprint density at radius 2 is 1.81 bits per heavy atom. The van der Waals surface area contributed by atoms with E-state index in [1.54, 1.807) is 0 Å². The molecule has 3 nitrogen and oxygen atoms in total. The van der Waals surface area contributed by atoms with Crippen LogP contribution in [0.5, 0.6) is 0 Å². The first-order chi connectivity index (χ1) is 9.81. The van der Waals surface area contributed by atoms with Crippen LogP contribution in [0.1, 0.15) is 50.4 Å². The molecule has 1 aromatic heterocycles. The molecule has 3 atom stereocenters. The zero-order chi connectivity index (χ0) is 15.6. The molecule has 0 saturated heterocycles. The average Bonchev–Trinajstić information content (AvgIpc) is 2.38. The van der Waals surface area contributed by atoms with E-state index >= 15 is 0 Å². The summed E-state index contributed by atoms with van der Waals surface area (Å²) < 4.78 is 37.7. The van der Waals surface area contributed by atoms with Gasteiger partial charge in [0.15, 0.2) is 0 Å². The summed E-state index contributed by atoms with van der Waals surface area (Å²) in [5, 5.41) is 0. The molecule has 1 aliphatic carbocycles. The van der Waals surface area contributed by atoms with Crippen LogP contribution in [0.2, 0.25) is 0 Å². The fourth-order valence-corrected chi connectivity index (χ4v) is 3.50. The van der Waals surface area contributed by atoms with E-state index in [9.17, 15) is 13.2 Å². The van der Waals surface area contributed by atoms with E-state index in [1.165, 1.54) is 12.5 Å². The van der Waals surface area contributed by atoms with Crippen molar-refractivity contribution >= 4 is 0 Å². The van der Waals surface area contributed by atoms with Gasteiger partial charge in [-0.2, -0.15) is 13.2 Å². The molecule has 0 aliphatic heterocycles. The molecule has 118 valence electrons. The molecule has 0 radical (unpaired) electrons. The lowest BCUT2D eigenvalue weighted by Crippen LogP contribution is -2.37. The first kappa shape index (κ1) is 16.2. The zero-order valence-corrected chi connectivity index (χ0v) is 12.3. The van der Waals surface area contributed by atoms with Crippen molar-refractivity contribution in [2.45, 2.75) is 45.3 Å². The molecule has 0 spiro atoms. The topological polar surface area (TPSA) is 50.9 Å². The van der Waals surface area contributed by atoms with Crippen LogP contribution in [0.15, 0.2) is 18.3 Å². The number of pyridine rings is 1. The molecule has 3 N–H and O–H groups in total. The van der Waals surface area contributed by atoms with Gasteiger partial charge in [-0.15, -0.1) is 0 Å². The van der Waals surface area contributed by atoms with Crippen molar-refractivity contribution < 1.29 is 13.2 Å². The van der Waals surface area contributed by atoms with E-state index < -0.39 is 11.7 Å². The van der Waals surface area contributed by atoms with E-state index in [0.29, 0.717) is 23.4 Å². The lowest BCUT2D eigenvalue weighted by molar-refractivity contribution is -0.137. The van der Waals surface area contributed by atoms with Gasteiger partial charge in [-0.25, -0.2) is 0 Å². The number of nitrogens with one attached hydrogen (secondary N) is 1. The Hall–Kier alpha value is -1.14. The second kappa shape index (κ2) is 6.32. The number of aromatic nitrogens is 1. The lowest BCUT2D eigenvalue weighted by atomic mass is 9.73. The van der Waals surface area contributed by atoms with Crippen molar-refractivity contribution in [1.29, 1.82) is 0 Å². The molecule has 1 saturated carbocycles. The molecule has 3 unspecified atom stereocenters. The highest BCUT2D eigenvalue weighted by Crippen LogP contribution is 2.39. The largest absolute Gasteiger partial charge is 0.417 e. The summed E-state index contributed by atoms with van der Waals surface area (Å²) in [6.07, 6.45) is -0.252. The number of hydrazine groups is 1. The molecular formula is C15H22F3N3. The Bertz CT molecular complexity index is 448. The fourth-order valence-electron chi connectivity index (χ4n) is 3.50. The van der Waals surface area contributed by atoms with Gasteiger partial charge in [0, 0.05) is 6.20 Å². The van der Waals surface area contributed by atoms with Gasteiger partial charge < -0.3 is 0 Å². The highest BCUT2D eigenvalue weighted by atomic mass is 19.4. The summed E-state index contributed by atoms with van der Waals surface area (Å²) in [4.78, 5) is 3.98. The van der Waals surface area contributed by atoms with E-state index in [1.807, 2.05) is 0 Å². The van der Waals surface area contributed by atoms with Crippen LogP contribution in [-0.4, -0.2) is 4.98 Å². The molecule has 21 heavy (non-hydrogen) atoms. The summed E-state index contributed by atoms with van der Waals surface area (Å²) in [5.74, 6) is 7.14. The minimum atomic E-state index is -4.36. The molecular weight excluding hydrogens is 279 g/mol. The van der Waals surface area contributed by atoms with Crippen LogP contribution in [0.25, 0.3) is 0 Å². The maximum absolute atomic E-state index is 12.6. The second-order valence-electron chi connectivity index (χ2n) is 6.29. The Labute approximate surface area is 123 Å². The van der Waals surface area contributed by atoms with Crippen molar-refractivity contribution in [2.24, 2.45) is 23.6 Å². The zero-order valence-electron chi connectivity index (χ0n) is 12.3. The molecule has 0 bridgehead atoms. The van der Waals surface area contributed by atoms with Crippen molar-refractivity contribution in [3.8, 4) is 0 Å². The molecule has 1 heterocycles. The van der Waals surface area contributed by atoms with Crippen LogP contribution >= 0.6 is 0 Å². The molecule has 1 aliphatic rings. The van der Waals surface area contributed by atoms with Crippen LogP contribution < -0.4 is 11.3 Å². The van der Waals surface area contributed by atoms with Gasteiger partial charge in [0.1, 0.15) is 0 Å². The minimum Gasteiger partial charge on any atom is -0.271 e. The summed E-state index contributed by atoms with van der Waals surface area (Å²) in [6, 6.07) is 2.30. The van der Waals surface area contributed by atoms with Crippen LogP contribution in [0.4, 0.5) is 13.2 Å². The lowest BCUT2D eigenvalue weighted by Gasteiger charge is -2.36. The summed E-state index contributed by atoms with van der Waals surface area (Å²) >= 11 is 0. The third-order valence-corrected chi connectivity index (χ3v) is 4.30. The van der Waals surface area contributed by atoms with Gasteiger partial charge in [0.05, 0.1) is 17.3 Å². The average molecular weight is 301 g/mol. The smallest absolute Gasteiger partial charge is 0.271 e. The van der Waals surface area contributed by atoms with E-state index in [-0.39, 0.29) is 6.04 Å². The minimum absolute atomic E-state index is 0.197. The number of nitrogens with zero attached hydrogens (tertiary/aromatic N) is 1. The monoisotopic (exact) mass is 301 g/mol. The Morgan fingerprint density at radius 1 is 1.19 bits per heavy atom. The van der Waals surface area contributed by atoms with Gasteiger partial charge in [0.2, 0.25) is 0 Å². The number of hydrogen-bond acceptors (Lipinski definition) is 3. The predicted octanol–water partition coefficient (Wildman–Crippen LogP) is 3.68. The SMILES string of the molecule is CC1CC(C)CC(C(NN)c2ccc(C(F)(F)F)cn2)C1. The highest BCUT2D eigenvalue weighted by Gasteiger charge is 2.33. The predicted molar refractivity (Wildman–Crippen MR) is 75.0 cm³/mol. The molecule has 2 rings (SSSR count). The maximum atomic E-state index is 12.6. The highest BCUT2D eigenvalue weighted by molar-refractivity contribution is 5.19. The quantitative estimate of drug-likeness (QED) is 0.661. The van der Waals surface area contributed by atoms with Crippen LogP contribution in [0, 0.1) is 17.8 Å². The van der Waals surface area contributed by atoms with Crippen molar-refractivity contribution in [1.82, 2.24) is 10.4 Å². The van der Waals surface area contributed by atoms with Gasteiger partial charge in [-0.1, -0.05) is 13.8 Å². The third kappa shape index (κ3) is 3.95. The first-order valence-corrected chi connectivity index (χ1v) is 7.30. The van der Waals surface area contributed by atoms with E-state index in [4.69, 9.17) is 5.84 Å². The summed E-state index contributed by atoms with van der Waals surface area (Å²) in [5.41, 5.74) is 2.59. The fraction of sp³-hybridized carbons (Fsp3) is 0.667. The van der Waals surface area contributed by atoms with Crippen molar-refractivity contribution in [2.75, 3.05) is 0 Å². The van der Waals surface area contributed by atoms with Gasteiger partial charge in [0.25, 0.3) is 0 Å². The van der Waals surface area contributed by atoms with Gasteiger partial charge >= 0.3 is 6.18 Å². The molecule has 0 aromatic carbocycles. The standard InChI is InChI=1S/C15H22F3N3/c1-9-5-10(2)7-11(6-9)14(21-19)13-4-3-12(8-20-13)15(16,17)18/h3-4,8-11,14,21H,5-7,19H2,1-2H3. The van der Waals surface area contributed by atoms with Crippen molar-refractivity contribution in [3.05, 3.63) is 29.6 Å². The maximum Gasteiger partial charge on any atom is 0.417 e. The number of nitrogens with two attached hydrogens (primary N) is 1. The normalized spacial score (nSPS) is 28.4. The molecule has 6 heteroatoms. The third-order valence-electron chi connectivity index (χ3n) is 4.30. The molecule has 1 aromatic rings.